The van der Waals surface area contributed by atoms with E-state index in [1.807, 2.05) is 14.0 Å². The quantitative estimate of drug-likeness (QED) is 0.645. The molecule has 2 atom stereocenters. The molecule has 5 nitrogen and oxygen atoms in total. The first kappa shape index (κ1) is 19.2. The number of hydrogen-bond donors (Lipinski definition) is 2. The summed E-state index contributed by atoms with van der Waals surface area (Å²) in [6, 6.07) is 0. The van der Waals surface area contributed by atoms with Gasteiger partial charge < -0.3 is 15.4 Å². The molecule has 1 aliphatic rings. The molecular formula is C18H32N4OS. The lowest BCUT2D eigenvalue weighted by atomic mass is 9.78. The van der Waals surface area contributed by atoms with Crippen molar-refractivity contribution in [3.63, 3.8) is 0 Å². The molecule has 0 bridgehead atoms. The lowest BCUT2D eigenvalue weighted by Gasteiger charge is -2.40. The lowest BCUT2D eigenvalue weighted by Crippen LogP contribution is -2.47. The second kappa shape index (κ2) is 8.30. The van der Waals surface area contributed by atoms with Crippen molar-refractivity contribution in [2.75, 3.05) is 20.2 Å². The Hall–Kier alpha value is -1.14. The summed E-state index contributed by atoms with van der Waals surface area (Å²) in [5.41, 5.74) is 1.27. The fraction of sp³-hybridized carbons (Fsp3) is 0.778. The fourth-order valence-corrected chi connectivity index (χ4v) is 4.24. The number of ether oxygens (including phenoxy) is 1. The van der Waals surface area contributed by atoms with Crippen LogP contribution in [-0.4, -0.2) is 37.2 Å². The second-order valence-electron chi connectivity index (χ2n) is 7.61. The summed E-state index contributed by atoms with van der Waals surface area (Å²) in [5.74, 6) is 1.36. The van der Waals surface area contributed by atoms with Gasteiger partial charge in [-0.25, -0.2) is 4.98 Å². The van der Waals surface area contributed by atoms with E-state index in [1.165, 1.54) is 11.3 Å². The Bertz CT molecular complexity index is 562. The van der Waals surface area contributed by atoms with E-state index in [4.69, 9.17) is 4.74 Å². The molecule has 0 saturated carbocycles. The van der Waals surface area contributed by atoms with E-state index in [9.17, 15) is 0 Å². The molecular weight excluding hydrogens is 320 g/mol. The highest BCUT2D eigenvalue weighted by Crippen LogP contribution is 2.33. The normalized spacial score (nSPS) is 22.5. The zero-order chi connectivity index (χ0) is 17.7. The molecule has 2 unspecified atom stereocenters. The lowest BCUT2D eigenvalue weighted by molar-refractivity contribution is -0.0835. The molecule has 1 fully saturated rings. The van der Waals surface area contributed by atoms with E-state index < -0.39 is 0 Å². The number of aromatic nitrogens is 1. The summed E-state index contributed by atoms with van der Waals surface area (Å²) in [4.78, 5) is 10.1. The van der Waals surface area contributed by atoms with Crippen LogP contribution in [0.1, 0.15) is 49.2 Å². The Balaban J connectivity index is 1.87. The first-order valence-electron chi connectivity index (χ1n) is 8.80. The molecule has 1 aromatic heterocycles. The van der Waals surface area contributed by atoms with Gasteiger partial charge in [0.1, 0.15) is 0 Å². The van der Waals surface area contributed by atoms with Crippen LogP contribution in [0.2, 0.25) is 0 Å². The van der Waals surface area contributed by atoms with Crippen molar-refractivity contribution in [1.82, 2.24) is 15.6 Å². The second-order valence-corrected chi connectivity index (χ2v) is 8.90. The Morgan fingerprint density at radius 1 is 1.33 bits per heavy atom. The molecule has 24 heavy (non-hydrogen) atoms. The third-order valence-corrected chi connectivity index (χ3v) is 5.54. The first-order chi connectivity index (χ1) is 11.3. The summed E-state index contributed by atoms with van der Waals surface area (Å²) < 4.78 is 6.06. The molecule has 0 spiro atoms. The van der Waals surface area contributed by atoms with Crippen LogP contribution in [0.5, 0.6) is 0 Å². The van der Waals surface area contributed by atoms with Crippen LogP contribution in [0, 0.1) is 25.2 Å². The summed E-state index contributed by atoms with van der Waals surface area (Å²) >= 11 is 1.74. The van der Waals surface area contributed by atoms with Gasteiger partial charge >= 0.3 is 0 Å². The van der Waals surface area contributed by atoms with Crippen molar-refractivity contribution >= 4 is 17.3 Å². The Labute approximate surface area is 150 Å². The van der Waals surface area contributed by atoms with E-state index in [1.54, 1.807) is 11.3 Å². The highest BCUT2D eigenvalue weighted by molar-refractivity contribution is 7.11. The molecule has 0 aliphatic carbocycles. The molecule has 136 valence electrons. The van der Waals surface area contributed by atoms with Gasteiger partial charge in [-0.2, -0.15) is 0 Å². The minimum atomic E-state index is 0.168. The van der Waals surface area contributed by atoms with E-state index in [2.05, 4.69) is 48.3 Å². The van der Waals surface area contributed by atoms with Crippen molar-refractivity contribution in [2.45, 2.75) is 60.1 Å². The number of aryl methyl sites for hydroxylation is 2. The monoisotopic (exact) mass is 352 g/mol. The van der Waals surface area contributed by atoms with Crippen LogP contribution in [0.25, 0.3) is 0 Å². The van der Waals surface area contributed by atoms with Crippen molar-refractivity contribution in [3.8, 4) is 0 Å². The molecule has 6 heteroatoms. The van der Waals surface area contributed by atoms with E-state index >= 15 is 0 Å². The number of nitrogens with zero attached hydrogens (tertiary/aromatic N) is 2. The summed E-state index contributed by atoms with van der Waals surface area (Å²) in [6.07, 6.45) is 2.65. The van der Waals surface area contributed by atoms with Gasteiger partial charge in [0.2, 0.25) is 0 Å². The first-order valence-corrected chi connectivity index (χ1v) is 9.62. The highest BCUT2D eigenvalue weighted by Gasteiger charge is 2.35. The molecule has 2 heterocycles. The predicted molar refractivity (Wildman–Crippen MR) is 102 cm³/mol. The minimum absolute atomic E-state index is 0.168. The van der Waals surface area contributed by atoms with Crippen LogP contribution < -0.4 is 10.6 Å². The minimum Gasteiger partial charge on any atom is -0.377 e. The number of thiazole rings is 1. The number of rotatable bonds is 4. The average molecular weight is 353 g/mol. The van der Waals surface area contributed by atoms with Gasteiger partial charge in [-0.15, -0.1) is 11.3 Å². The van der Waals surface area contributed by atoms with E-state index in [0.29, 0.717) is 12.0 Å². The van der Waals surface area contributed by atoms with Crippen molar-refractivity contribution in [1.29, 1.82) is 0 Å². The van der Waals surface area contributed by atoms with Gasteiger partial charge in [0.25, 0.3) is 0 Å². The molecule has 1 saturated heterocycles. The maximum Gasteiger partial charge on any atom is 0.191 e. The Morgan fingerprint density at radius 3 is 2.67 bits per heavy atom. The Morgan fingerprint density at radius 2 is 2.08 bits per heavy atom. The molecule has 1 aromatic rings. The zero-order valence-electron chi connectivity index (χ0n) is 15.9. The Kier molecular flexibility index (Phi) is 6.63. The molecule has 1 aliphatic heterocycles. The fourth-order valence-electron chi connectivity index (χ4n) is 3.36. The van der Waals surface area contributed by atoms with Gasteiger partial charge in [-0.05, 0) is 32.1 Å². The summed E-state index contributed by atoms with van der Waals surface area (Å²) in [6.45, 7) is 13.4. The van der Waals surface area contributed by atoms with Gasteiger partial charge in [-0.1, -0.05) is 20.8 Å². The third-order valence-electron chi connectivity index (χ3n) is 4.47. The third kappa shape index (κ3) is 5.18. The molecule has 0 aromatic carbocycles. The largest absolute Gasteiger partial charge is 0.377 e. The van der Waals surface area contributed by atoms with Gasteiger partial charge in [-0.3, -0.25) is 4.99 Å². The smallest absolute Gasteiger partial charge is 0.191 e. The predicted octanol–water partition coefficient (Wildman–Crippen LogP) is 3.27. The number of aliphatic imine (C=N–C) groups is 1. The number of nitrogens with one attached hydrogen (secondary N) is 2. The number of guanidine groups is 1. The van der Waals surface area contributed by atoms with Crippen LogP contribution >= 0.6 is 11.3 Å². The SMILES string of the molecule is CN=C(NCc1sc(C)nc1C)NCC1CCCOC1C(C)(C)C. The summed E-state index contributed by atoms with van der Waals surface area (Å²) in [7, 11) is 1.82. The molecule has 0 amide bonds. The van der Waals surface area contributed by atoms with Crippen molar-refractivity contribution in [2.24, 2.45) is 16.3 Å². The van der Waals surface area contributed by atoms with Crippen LogP contribution in [0.15, 0.2) is 4.99 Å². The maximum atomic E-state index is 6.06. The van der Waals surface area contributed by atoms with Crippen LogP contribution in [-0.2, 0) is 11.3 Å². The maximum absolute atomic E-state index is 6.06. The average Bonchev–Trinajstić information content (AvgIpc) is 2.84. The van der Waals surface area contributed by atoms with Crippen molar-refractivity contribution < 1.29 is 4.74 Å². The van der Waals surface area contributed by atoms with E-state index in [0.717, 1.165) is 42.8 Å². The van der Waals surface area contributed by atoms with Gasteiger partial charge in [0.15, 0.2) is 5.96 Å². The van der Waals surface area contributed by atoms with Crippen LogP contribution in [0.4, 0.5) is 0 Å². The standard InChI is InChI=1S/C18H32N4OS/c1-12-15(24-13(2)22-12)11-21-17(19-6)20-10-14-8-7-9-23-16(14)18(3,4)5/h14,16H,7-11H2,1-6H3,(H2,19,20,21). The molecule has 0 radical (unpaired) electrons. The van der Waals surface area contributed by atoms with Crippen molar-refractivity contribution in [3.05, 3.63) is 15.6 Å². The zero-order valence-corrected chi connectivity index (χ0v) is 16.7. The van der Waals surface area contributed by atoms with Gasteiger partial charge in [0.05, 0.1) is 23.4 Å². The highest BCUT2D eigenvalue weighted by atomic mass is 32.1. The summed E-state index contributed by atoms with van der Waals surface area (Å²) in [5, 5.41) is 7.99. The van der Waals surface area contributed by atoms with Gasteiger partial charge in [0, 0.05) is 31.0 Å². The molecule has 2 rings (SSSR count). The van der Waals surface area contributed by atoms with E-state index in [-0.39, 0.29) is 5.41 Å². The topological polar surface area (TPSA) is 58.5 Å². The van der Waals surface area contributed by atoms with Crippen LogP contribution in [0.3, 0.4) is 0 Å². The molecule has 2 N–H and O–H groups in total. The number of hydrogen-bond acceptors (Lipinski definition) is 4.